The number of thiocarbonyl (C=S) groups is 1. The molecule has 1 N–H and O–H groups in total. The average Bonchev–Trinajstić information content (AvgIpc) is 3.60. The van der Waals surface area contributed by atoms with Gasteiger partial charge < -0.3 is 15.0 Å². The van der Waals surface area contributed by atoms with Gasteiger partial charge in [-0.3, -0.25) is 9.69 Å². The van der Waals surface area contributed by atoms with Crippen molar-refractivity contribution in [1.29, 1.82) is 5.26 Å². The number of nitrogens with zero attached hydrogens (tertiary/aromatic N) is 3. The molecule has 178 valence electrons. The van der Waals surface area contributed by atoms with E-state index >= 15 is 0 Å². The number of ether oxygens (including phenoxy) is 1. The number of rotatable bonds is 9. The number of hydrogen-bond acceptors (Lipinski definition) is 5. The van der Waals surface area contributed by atoms with Crippen LogP contribution in [0.4, 0.5) is 5.69 Å². The first-order valence-corrected chi connectivity index (χ1v) is 12.3. The summed E-state index contributed by atoms with van der Waals surface area (Å²) in [7, 11) is 0. The predicted octanol–water partition coefficient (Wildman–Crippen LogP) is 4.86. The Balaban J connectivity index is 1.33. The first-order chi connectivity index (χ1) is 16.2. The van der Waals surface area contributed by atoms with E-state index in [2.05, 4.69) is 30.4 Å². The van der Waals surface area contributed by atoms with Gasteiger partial charge in [-0.25, -0.2) is 0 Å². The Morgan fingerprint density at radius 2 is 1.94 bits per heavy atom. The van der Waals surface area contributed by atoms with Crippen molar-refractivity contribution in [2.24, 2.45) is 0 Å². The highest BCUT2D eigenvalue weighted by Gasteiger charge is 2.49. The Morgan fingerprint density at radius 1 is 1.24 bits per heavy atom. The Bertz CT molecular complexity index is 1120. The SMILES string of the molecule is Cc1cc(N2C(=O)C(C)(C)N(CCCOc3ccc(C(C)NC4CC4)cc3)C2=S)ccc1C#N. The molecule has 0 radical (unpaired) electrons. The summed E-state index contributed by atoms with van der Waals surface area (Å²) in [6.45, 7) is 9.00. The summed E-state index contributed by atoms with van der Waals surface area (Å²) in [5.74, 6) is 0.781. The Hall–Kier alpha value is -2.95. The smallest absolute Gasteiger partial charge is 0.258 e. The Labute approximate surface area is 207 Å². The number of amides is 1. The van der Waals surface area contributed by atoms with E-state index in [0.717, 1.165) is 17.7 Å². The predicted molar refractivity (Wildman–Crippen MR) is 138 cm³/mol. The molecule has 1 unspecified atom stereocenters. The lowest BCUT2D eigenvalue weighted by Gasteiger charge is -2.29. The molecular weight excluding hydrogens is 444 g/mol. The maximum absolute atomic E-state index is 13.2. The third-order valence-electron chi connectivity index (χ3n) is 6.65. The molecule has 1 heterocycles. The number of nitrogens with one attached hydrogen (secondary N) is 1. The molecule has 1 aliphatic carbocycles. The molecule has 1 atom stereocenters. The lowest BCUT2D eigenvalue weighted by molar-refractivity contribution is -0.123. The number of aryl methyl sites for hydroxylation is 1. The average molecular weight is 477 g/mol. The van der Waals surface area contributed by atoms with E-state index in [1.807, 2.05) is 43.9 Å². The summed E-state index contributed by atoms with van der Waals surface area (Å²) in [4.78, 5) is 16.8. The van der Waals surface area contributed by atoms with Crippen molar-refractivity contribution in [2.75, 3.05) is 18.1 Å². The van der Waals surface area contributed by atoms with Gasteiger partial charge in [-0.1, -0.05) is 12.1 Å². The van der Waals surface area contributed by atoms with Crippen LogP contribution in [0.3, 0.4) is 0 Å². The second-order valence-corrected chi connectivity index (χ2v) is 10.0. The molecule has 2 aromatic carbocycles. The topological polar surface area (TPSA) is 68.6 Å². The summed E-state index contributed by atoms with van der Waals surface area (Å²) in [5, 5.41) is 13.3. The second-order valence-electron chi connectivity index (χ2n) is 9.68. The van der Waals surface area contributed by atoms with Gasteiger partial charge in [-0.05, 0) is 101 Å². The van der Waals surface area contributed by atoms with Crippen LogP contribution in [0, 0.1) is 18.3 Å². The molecule has 4 rings (SSSR count). The van der Waals surface area contributed by atoms with Crippen molar-refractivity contribution in [3.63, 3.8) is 0 Å². The van der Waals surface area contributed by atoms with Crippen LogP contribution in [0.25, 0.3) is 0 Å². The van der Waals surface area contributed by atoms with Crippen LogP contribution < -0.4 is 15.0 Å². The minimum atomic E-state index is -0.745. The third kappa shape index (κ3) is 4.94. The largest absolute Gasteiger partial charge is 0.494 e. The van der Waals surface area contributed by atoms with Crippen LogP contribution in [-0.4, -0.2) is 40.7 Å². The van der Waals surface area contributed by atoms with Crippen molar-refractivity contribution in [3.8, 4) is 11.8 Å². The van der Waals surface area contributed by atoms with Crippen LogP contribution in [0.15, 0.2) is 42.5 Å². The standard InChI is InChI=1S/C27H32N4O2S/c1-18-16-23(11-6-21(18)17-28)31-25(32)27(3,4)30(26(31)34)14-5-15-33-24-12-7-20(8-13-24)19(2)29-22-9-10-22/h6-8,11-13,16,19,22,29H,5,9-10,14-15H2,1-4H3. The van der Waals surface area contributed by atoms with Gasteiger partial charge in [0.2, 0.25) is 0 Å². The molecule has 6 nitrogen and oxygen atoms in total. The van der Waals surface area contributed by atoms with E-state index in [-0.39, 0.29) is 5.91 Å². The molecule has 7 heteroatoms. The zero-order valence-corrected chi connectivity index (χ0v) is 21.1. The fourth-order valence-corrected chi connectivity index (χ4v) is 4.82. The van der Waals surface area contributed by atoms with E-state index < -0.39 is 5.54 Å². The minimum absolute atomic E-state index is 0.0629. The number of benzene rings is 2. The maximum Gasteiger partial charge on any atom is 0.258 e. The first-order valence-electron chi connectivity index (χ1n) is 11.9. The van der Waals surface area contributed by atoms with E-state index in [0.29, 0.717) is 41.6 Å². The van der Waals surface area contributed by atoms with E-state index in [9.17, 15) is 10.1 Å². The van der Waals surface area contributed by atoms with Gasteiger partial charge in [-0.2, -0.15) is 5.26 Å². The van der Waals surface area contributed by atoms with Gasteiger partial charge in [-0.15, -0.1) is 0 Å². The van der Waals surface area contributed by atoms with Crippen molar-refractivity contribution >= 4 is 28.9 Å². The fourth-order valence-electron chi connectivity index (χ4n) is 4.32. The van der Waals surface area contributed by atoms with E-state index in [1.54, 1.807) is 17.0 Å². The normalized spacial score (nSPS) is 18.2. The molecule has 1 aliphatic heterocycles. The van der Waals surface area contributed by atoms with Gasteiger partial charge in [0.05, 0.1) is 23.9 Å². The summed E-state index contributed by atoms with van der Waals surface area (Å²) < 4.78 is 5.96. The van der Waals surface area contributed by atoms with E-state index in [1.165, 1.54) is 18.4 Å². The summed E-state index contributed by atoms with van der Waals surface area (Å²) >= 11 is 5.71. The maximum atomic E-state index is 13.2. The molecule has 2 fully saturated rings. The fraction of sp³-hybridized carbons (Fsp3) is 0.444. The van der Waals surface area contributed by atoms with Gasteiger partial charge in [0.1, 0.15) is 11.3 Å². The van der Waals surface area contributed by atoms with Gasteiger partial charge in [0, 0.05) is 18.6 Å². The molecular formula is C27H32N4O2S. The van der Waals surface area contributed by atoms with Crippen molar-refractivity contribution in [3.05, 3.63) is 59.2 Å². The van der Waals surface area contributed by atoms with Crippen LogP contribution in [-0.2, 0) is 4.79 Å². The molecule has 0 spiro atoms. The molecule has 0 aromatic heterocycles. The highest BCUT2D eigenvalue weighted by Crippen LogP contribution is 2.33. The molecule has 1 saturated heterocycles. The van der Waals surface area contributed by atoms with Crippen LogP contribution >= 0.6 is 12.2 Å². The van der Waals surface area contributed by atoms with Gasteiger partial charge in [0.15, 0.2) is 5.11 Å². The monoisotopic (exact) mass is 476 g/mol. The minimum Gasteiger partial charge on any atom is -0.494 e. The summed E-state index contributed by atoms with van der Waals surface area (Å²) in [6.07, 6.45) is 3.29. The van der Waals surface area contributed by atoms with Crippen molar-refractivity contribution in [2.45, 2.75) is 64.6 Å². The number of carbonyl (C=O) groups is 1. The lowest BCUT2D eigenvalue weighted by Crippen LogP contribution is -2.44. The van der Waals surface area contributed by atoms with E-state index in [4.69, 9.17) is 17.0 Å². The molecule has 0 bridgehead atoms. The first kappa shape index (κ1) is 24.2. The number of anilines is 1. The van der Waals surface area contributed by atoms with Gasteiger partial charge >= 0.3 is 0 Å². The molecule has 34 heavy (non-hydrogen) atoms. The zero-order valence-electron chi connectivity index (χ0n) is 20.3. The number of nitriles is 1. The lowest BCUT2D eigenvalue weighted by atomic mass is 10.0. The quantitative estimate of drug-likeness (QED) is 0.412. The van der Waals surface area contributed by atoms with Crippen LogP contribution in [0.1, 0.15) is 62.8 Å². The van der Waals surface area contributed by atoms with Crippen molar-refractivity contribution < 1.29 is 9.53 Å². The van der Waals surface area contributed by atoms with Gasteiger partial charge in [0.25, 0.3) is 5.91 Å². The number of carbonyl (C=O) groups excluding carboxylic acids is 1. The molecule has 1 saturated carbocycles. The Kier molecular flexibility index (Phi) is 6.92. The Morgan fingerprint density at radius 3 is 2.56 bits per heavy atom. The van der Waals surface area contributed by atoms with Crippen LogP contribution in [0.5, 0.6) is 5.75 Å². The molecule has 1 amide bonds. The molecule has 2 aromatic rings. The van der Waals surface area contributed by atoms with Crippen molar-refractivity contribution in [1.82, 2.24) is 10.2 Å². The summed E-state index contributed by atoms with van der Waals surface area (Å²) in [5.41, 5.74) is 2.63. The summed E-state index contributed by atoms with van der Waals surface area (Å²) in [6, 6.07) is 16.8. The second kappa shape index (κ2) is 9.73. The number of hydrogen-bond donors (Lipinski definition) is 1. The van der Waals surface area contributed by atoms with Crippen LogP contribution in [0.2, 0.25) is 0 Å². The zero-order chi connectivity index (χ0) is 24.5. The highest BCUT2D eigenvalue weighted by atomic mass is 32.1. The third-order valence-corrected chi connectivity index (χ3v) is 7.05. The highest BCUT2D eigenvalue weighted by molar-refractivity contribution is 7.80. The molecule has 2 aliphatic rings.